The minimum Gasteiger partial charge on any atom is -0.309 e. The zero-order chi connectivity index (χ0) is 14.0. The smallest absolute Gasteiger partial charge is 0.123 e. The molecule has 3 rings (SSSR count). The van der Waals surface area contributed by atoms with Gasteiger partial charge in [-0.3, -0.25) is 4.90 Å². The molecular formula is C16H21N3S. The first kappa shape index (κ1) is 13.7. The summed E-state index contributed by atoms with van der Waals surface area (Å²) in [7, 11) is 0. The van der Waals surface area contributed by atoms with Crippen LogP contribution in [-0.4, -0.2) is 35.1 Å². The molecule has 1 aliphatic rings. The molecule has 1 aromatic heterocycles. The van der Waals surface area contributed by atoms with Gasteiger partial charge in [-0.25, -0.2) is 4.98 Å². The van der Waals surface area contributed by atoms with Gasteiger partial charge in [-0.15, -0.1) is 11.3 Å². The average molecular weight is 287 g/mol. The van der Waals surface area contributed by atoms with Crippen molar-refractivity contribution in [3.05, 3.63) is 41.4 Å². The number of nitrogens with one attached hydrogen (secondary N) is 1. The molecule has 20 heavy (non-hydrogen) atoms. The molecule has 3 nitrogen and oxygen atoms in total. The third kappa shape index (κ3) is 3.26. The summed E-state index contributed by atoms with van der Waals surface area (Å²) in [5, 5.41) is 4.67. The largest absolute Gasteiger partial charge is 0.309 e. The molecule has 0 bridgehead atoms. The van der Waals surface area contributed by atoms with Gasteiger partial charge < -0.3 is 5.32 Å². The predicted octanol–water partition coefficient (Wildman–Crippen LogP) is 2.99. The molecule has 1 N–H and O–H groups in total. The van der Waals surface area contributed by atoms with E-state index in [-0.39, 0.29) is 5.54 Å². The van der Waals surface area contributed by atoms with E-state index in [0.29, 0.717) is 0 Å². The lowest BCUT2D eigenvalue weighted by atomic mass is 10.0. The molecule has 0 radical (unpaired) electrons. The van der Waals surface area contributed by atoms with E-state index in [9.17, 15) is 0 Å². The van der Waals surface area contributed by atoms with Crippen LogP contribution in [0.1, 0.15) is 18.7 Å². The van der Waals surface area contributed by atoms with Crippen molar-refractivity contribution in [2.45, 2.75) is 25.9 Å². The average Bonchev–Trinajstić information content (AvgIpc) is 2.87. The fraction of sp³-hybridized carbons (Fsp3) is 0.438. The molecule has 0 spiro atoms. The van der Waals surface area contributed by atoms with E-state index < -0.39 is 0 Å². The number of hydrogen-bond donors (Lipinski definition) is 1. The fourth-order valence-corrected chi connectivity index (χ4v) is 3.66. The number of aromatic nitrogens is 1. The van der Waals surface area contributed by atoms with E-state index in [4.69, 9.17) is 0 Å². The lowest BCUT2D eigenvalue weighted by Gasteiger charge is -2.38. The van der Waals surface area contributed by atoms with Gasteiger partial charge in [-0.2, -0.15) is 0 Å². The molecule has 0 atom stereocenters. The second-order valence-electron chi connectivity index (χ2n) is 6.02. The van der Waals surface area contributed by atoms with Crippen LogP contribution in [0.3, 0.4) is 0 Å². The standard InChI is InChI=1S/C16H21N3S/c1-16(2)12-19(9-8-18-16)11-14-10-17-15(20-14)13-6-4-3-5-7-13/h3-7,10,18H,8-9,11-12H2,1-2H3. The number of hydrogen-bond acceptors (Lipinski definition) is 4. The highest BCUT2D eigenvalue weighted by molar-refractivity contribution is 7.15. The van der Waals surface area contributed by atoms with E-state index in [2.05, 4.69) is 53.3 Å². The van der Waals surface area contributed by atoms with Crippen molar-refractivity contribution in [2.24, 2.45) is 0 Å². The van der Waals surface area contributed by atoms with Gasteiger partial charge in [0, 0.05) is 48.4 Å². The molecule has 1 fully saturated rings. The van der Waals surface area contributed by atoms with Gasteiger partial charge in [0.15, 0.2) is 0 Å². The molecule has 2 heterocycles. The molecular weight excluding hydrogens is 266 g/mol. The highest BCUT2D eigenvalue weighted by Gasteiger charge is 2.25. The fourth-order valence-electron chi connectivity index (χ4n) is 2.70. The molecule has 2 aromatic rings. The molecule has 4 heteroatoms. The summed E-state index contributed by atoms with van der Waals surface area (Å²) in [6.45, 7) is 8.81. The Hall–Kier alpha value is -1.23. The number of thiazole rings is 1. The summed E-state index contributed by atoms with van der Waals surface area (Å²) < 4.78 is 0. The van der Waals surface area contributed by atoms with Crippen LogP contribution in [0.2, 0.25) is 0 Å². The first-order chi connectivity index (χ1) is 9.62. The van der Waals surface area contributed by atoms with Gasteiger partial charge in [0.1, 0.15) is 5.01 Å². The van der Waals surface area contributed by atoms with Crippen molar-refractivity contribution in [3.8, 4) is 10.6 Å². The van der Waals surface area contributed by atoms with Crippen LogP contribution in [0.4, 0.5) is 0 Å². The Labute approximate surface area is 124 Å². The Morgan fingerprint density at radius 3 is 2.85 bits per heavy atom. The Kier molecular flexibility index (Phi) is 3.87. The van der Waals surface area contributed by atoms with Crippen LogP contribution in [0, 0.1) is 0 Å². The van der Waals surface area contributed by atoms with Crippen LogP contribution in [0.15, 0.2) is 36.5 Å². The van der Waals surface area contributed by atoms with E-state index in [1.807, 2.05) is 12.3 Å². The lowest BCUT2D eigenvalue weighted by molar-refractivity contribution is 0.149. The van der Waals surface area contributed by atoms with Gasteiger partial charge in [0.05, 0.1) is 0 Å². The van der Waals surface area contributed by atoms with Gasteiger partial charge in [0.25, 0.3) is 0 Å². The predicted molar refractivity (Wildman–Crippen MR) is 84.9 cm³/mol. The summed E-state index contributed by atoms with van der Waals surface area (Å²) >= 11 is 1.81. The van der Waals surface area contributed by atoms with Crippen molar-refractivity contribution in [3.63, 3.8) is 0 Å². The van der Waals surface area contributed by atoms with Crippen LogP contribution in [0.25, 0.3) is 10.6 Å². The zero-order valence-corrected chi connectivity index (χ0v) is 12.9. The quantitative estimate of drug-likeness (QED) is 0.940. The normalized spacial score (nSPS) is 19.1. The Morgan fingerprint density at radius 1 is 1.30 bits per heavy atom. The number of rotatable bonds is 3. The monoisotopic (exact) mass is 287 g/mol. The van der Waals surface area contributed by atoms with E-state index >= 15 is 0 Å². The molecule has 0 amide bonds. The number of benzene rings is 1. The molecule has 0 saturated carbocycles. The van der Waals surface area contributed by atoms with Gasteiger partial charge in [-0.05, 0) is 13.8 Å². The lowest BCUT2D eigenvalue weighted by Crippen LogP contribution is -2.56. The zero-order valence-electron chi connectivity index (χ0n) is 12.1. The van der Waals surface area contributed by atoms with Crippen LogP contribution in [0.5, 0.6) is 0 Å². The molecule has 0 unspecified atom stereocenters. The van der Waals surface area contributed by atoms with E-state index in [1.54, 1.807) is 11.3 Å². The summed E-state index contributed by atoms with van der Waals surface area (Å²) in [5.74, 6) is 0. The van der Waals surface area contributed by atoms with Crippen LogP contribution in [-0.2, 0) is 6.54 Å². The minimum absolute atomic E-state index is 0.213. The highest BCUT2D eigenvalue weighted by atomic mass is 32.1. The number of piperazine rings is 1. The van der Waals surface area contributed by atoms with Crippen molar-refractivity contribution in [1.82, 2.24) is 15.2 Å². The molecule has 1 saturated heterocycles. The second-order valence-corrected chi connectivity index (χ2v) is 7.13. The molecule has 1 aliphatic heterocycles. The summed E-state index contributed by atoms with van der Waals surface area (Å²) in [4.78, 5) is 8.43. The van der Waals surface area contributed by atoms with E-state index in [1.165, 1.54) is 10.4 Å². The maximum atomic E-state index is 4.56. The number of nitrogens with zero attached hydrogens (tertiary/aromatic N) is 2. The first-order valence-electron chi connectivity index (χ1n) is 7.10. The third-order valence-electron chi connectivity index (χ3n) is 3.60. The van der Waals surface area contributed by atoms with Gasteiger partial charge in [-0.1, -0.05) is 30.3 Å². The van der Waals surface area contributed by atoms with Gasteiger partial charge in [0.2, 0.25) is 0 Å². The maximum Gasteiger partial charge on any atom is 0.123 e. The Balaban J connectivity index is 1.69. The maximum absolute atomic E-state index is 4.56. The second kappa shape index (κ2) is 5.64. The topological polar surface area (TPSA) is 28.2 Å². The van der Waals surface area contributed by atoms with Crippen molar-refractivity contribution in [2.75, 3.05) is 19.6 Å². The summed E-state index contributed by atoms with van der Waals surface area (Å²) in [5.41, 5.74) is 1.43. The van der Waals surface area contributed by atoms with Crippen LogP contribution >= 0.6 is 11.3 Å². The first-order valence-corrected chi connectivity index (χ1v) is 7.92. The SMILES string of the molecule is CC1(C)CN(Cc2cnc(-c3ccccc3)s2)CCN1. The summed E-state index contributed by atoms with van der Waals surface area (Å²) in [6, 6.07) is 10.4. The summed E-state index contributed by atoms with van der Waals surface area (Å²) in [6.07, 6.45) is 2.03. The van der Waals surface area contributed by atoms with Crippen molar-refractivity contribution >= 4 is 11.3 Å². The highest BCUT2D eigenvalue weighted by Crippen LogP contribution is 2.26. The van der Waals surface area contributed by atoms with Crippen molar-refractivity contribution in [1.29, 1.82) is 0 Å². The minimum atomic E-state index is 0.213. The van der Waals surface area contributed by atoms with E-state index in [0.717, 1.165) is 31.2 Å². The van der Waals surface area contributed by atoms with Crippen LogP contribution < -0.4 is 5.32 Å². The third-order valence-corrected chi connectivity index (χ3v) is 4.64. The van der Waals surface area contributed by atoms with Gasteiger partial charge >= 0.3 is 0 Å². The Bertz CT molecular complexity index is 562. The molecule has 106 valence electrons. The Morgan fingerprint density at radius 2 is 2.10 bits per heavy atom. The van der Waals surface area contributed by atoms with Crippen molar-refractivity contribution < 1.29 is 0 Å². The molecule has 0 aliphatic carbocycles. The molecule has 1 aromatic carbocycles.